The van der Waals surface area contributed by atoms with Crippen LogP contribution in [0.4, 0.5) is 5.69 Å². The Morgan fingerprint density at radius 2 is 1.73 bits per heavy atom. The molecule has 168 valence electrons. The molecule has 1 aliphatic heterocycles. The number of nitrogens with one attached hydrogen (secondary N) is 1. The lowest BCUT2D eigenvalue weighted by atomic mass is 10.0. The second-order valence-electron chi connectivity index (χ2n) is 7.76. The Balaban J connectivity index is 1.73. The van der Waals surface area contributed by atoms with Crippen LogP contribution < -0.4 is 10.1 Å². The van der Waals surface area contributed by atoms with Gasteiger partial charge in [0.15, 0.2) is 0 Å². The Kier molecular flexibility index (Phi) is 6.75. The lowest BCUT2D eigenvalue weighted by Gasteiger charge is -2.15. The highest BCUT2D eigenvalue weighted by Gasteiger charge is 2.39. The third-order valence-corrected chi connectivity index (χ3v) is 5.57. The molecule has 0 fully saturated rings. The average molecular weight is 462 g/mol. The zero-order valence-electron chi connectivity index (χ0n) is 18.5. The number of halogens is 1. The monoisotopic (exact) mass is 461 g/mol. The number of aromatic nitrogens is 1. The van der Waals surface area contributed by atoms with Gasteiger partial charge in [0.2, 0.25) is 0 Å². The van der Waals surface area contributed by atoms with Gasteiger partial charge in [-0.2, -0.15) is 0 Å². The third kappa shape index (κ3) is 4.91. The molecule has 0 saturated carbocycles. The molecule has 6 nitrogen and oxygen atoms in total. The molecule has 1 aliphatic rings. The number of anilines is 1. The van der Waals surface area contributed by atoms with Gasteiger partial charge in [0.25, 0.3) is 11.8 Å². The van der Waals surface area contributed by atoms with E-state index < -0.39 is 5.91 Å². The van der Waals surface area contributed by atoms with E-state index in [4.69, 9.17) is 16.3 Å². The predicted molar refractivity (Wildman–Crippen MR) is 129 cm³/mol. The van der Waals surface area contributed by atoms with Gasteiger partial charge in [0, 0.05) is 23.1 Å². The van der Waals surface area contributed by atoms with Crippen LogP contribution in [-0.4, -0.2) is 28.3 Å². The summed E-state index contributed by atoms with van der Waals surface area (Å²) in [6.07, 6.45) is 4.17. The summed E-state index contributed by atoms with van der Waals surface area (Å²) in [5, 5.41) is 3.72. The van der Waals surface area contributed by atoms with Crippen LogP contribution in [-0.2, 0) is 16.1 Å². The molecule has 0 radical (unpaired) electrons. The number of amides is 2. The van der Waals surface area contributed by atoms with Crippen LogP contribution >= 0.6 is 11.6 Å². The molecular weight excluding hydrogens is 438 g/mol. The number of pyridine rings is 1. The number of imide groups is 1. The second-order valence-corrected chi connectivity index (χ2v) is 8.20. The van der Waals surface area contributed by atoms with Crippen molar-refractivity contribution in [2.75, 3.05) is 11.9 Å². The molecule has 2 aromatic carbocycles. The topological polar surface area (TPSA) is 71.5 Å². The highest BCUT2D eigenvalue weighted by Crippen LogP contribution is 2.33. The molecule has 1 aromatic heterocycles. The summed E-state index contributed by atoms with van der Waals surface area (Å²) in [5.41, 5.74) is 3.57. The molecule has 2 heterocycles. The molecule has 0 bridgehead atoms. The van der Waals surface area contributed by atoms with E-state index in [1.54, 1.807) is 48.8 Å². The van der Waals surface area contributed by atoms with Crippen molar-refractivity contribution in [1.29, 1.82) is 0 Å². The summed E-state index contributed by atoms with van der Waals surface area (Å²) >= 11 is 6.18. The Labute approximate surface area is 197 Å². The van der Waals surface area contributed by atoms with Gasteiger partial charge in [-0.15, -0.1) is 0 Å². The van der Waals surface area contributed by atoms with Crippen LogP contribution in [0, 0.1) is 6.92 Å². The van der Waals surface area contributed by atoms with Crippen LogP contribution in [0.15, 0.2) is 72.7 Å². The number of hydrogen-bond acceptors (Lipinski definition) is 5. The van der Waals surface area contributed by atoms with Crippen molar-refractivity contribution in [3.05, 3.63) is 94.4 Å². The van der Waals surface area contributed by atoms with Crippen LogP contribution in [0.25, 0.3) is 5.57 Å². The van der Waals surface area contributed by atoms with Crippen LogP contribution in [0.2, 0.25) is 5.02 Å². The van der Waals surface area contributed by atoms with Crippen LogP contribution in [0.1, 0.15) is 30.0 Å². The van der Waals surface area contributed by atoms with Gasteiger partial charge in [-0.3, -0.25) is 19.5 Å². The second kappa shape index (κ2) is 9.88. The van der Waals surface area contributed by atoms with Crippen molar-refractivity contribution in [2.45, 2.75) is 26.8 Å². The van der Waals surface area contributed by atoms with Gasteiger partial charge < -0.3 is 10.1 Å². The predicted octanol–water partition coefficient (Wildman–Crippen LogP) is 5.22. The normalized spacial score (nSPS) is 13.6. The summed E-state index contributed by atoms with van der Waals surface area (Å²) in [4.78, 5) is 32.1. The SMILES string of the molecule is CCCOc1ccc(C2=C(Nc3cc(Cl)ccc3C)C(=O)N(Cc3ccncc3)C2=O)cc1. The fourth-order valence-electron chi connectivity index (χ4n) is 3.58. The Bertz CT molecular complexity index is 1210. The number of carbonyl (C=O) groups excluding carboxylic acids is 2. The lowest BCUT2D eigenvalue weighted by molar-refractivity contribution is -0.137. The van der Waals surface area contributed by atoms with Crippen molar-refractivity contribution in [3.8, 4) is 5.75 Å². The Morgan fingerprint density at radius 3 is 2.42 bits per heavy atom. The fraction of sp³-hybridized carbons (Fsp3) is 0.192. The minimum atomic E-state index is -0.391. The summed E-state index contributed by atoms with van der Waals surface area (Å²) in [7, 11) is 0. The summed E-state index contributed by atoms with van der Waals surface area (Å²) < 4.78 is 5.66. The van der Waals surface area contributed by atoms with E-state index in [0.717, 1.165) is 17.5 Å². The summed E-state index contributed by atoms with van der Waals surface area (Å²) in [6.45, 7) is 4.71. The molecule has 3 aromatic rings. The van der Waals surface area contributed by atoms with Gasteiger partial charge in [-0.1, -0.05) is 36.7 Å². The lowest BCUT2D eigenvalue weighted by Crippen LogP contribution is -2.32. The van der Waals surface area contributed by atoms with Crippen molar-refractivity contribution in [3.63, 3.8) is 0 Å². The maximum Gasteiger partial charge on any atom is 0.278 e. The van der Waals surface area contributed by atoms with E-state index in [1.807, 2.05) is 32.0 Å². The number of rotatable bonds is 8. The highest BCUT2D eigenvalue weighted by molar-refractivity contribution is 6.36. The number of ether oxygens (including phenoxy) is 1. The number of hydrogen-bond donors (Lipinski definition) is 1. The standard InChI is InChI=1S/C26H24ClN3O3/c1-3-14-33-21-8-5-19(6-9-21)23-24(29-22-15-20(27)7-4-17(22)2)26(32)30(25(23)31)16-18-10-12-28-13-11-18/h4-13,15,29H,3,14,16H2,1-2H3. The van der Waals surface area contributed by atoms with E-state index >= 15 is 0 Å². The van der Waals surface area contributed by atoms with E-state index in [9.17, 15) is 9.59 Å². The maximum absolute atomic E-state index is 13.5. The highest BCUT2D eigenvalue weighted by atomic mass is 35.5. The molecule has 0 spiro atoms. The van der Waals surface area contributed by atoms with E-state index in [1.165, 1.54) is 4.90 Å². The number of aryl methyl sites for hydroxylation is 1. The van der Waals surface area contributed by atoms with Gasteiger partial charge >= 0.3 is 0 Å². The smallest absolute Gasteiger partial charge is 0.278 e. The van der Waals surface area contributed by atoms with Crippen LogP contribution in [0.5, 0.6) is 5.75 Å². The molecule has 0 unspecified atom stereocenters. The van der Waals surface area contributed by atoms with E-state index in [0.29, 0.717) is 34.2 Å². The molecule has 0 aliphatic carbocycles. The van der Waals surface area contributed by atoms with E-state index in [-0.39, 0.29) is 18.1 Å². The van der Waals surface area contributed by atoms with Crippen LogP contribution in [0.3, 0.4) is 0 Å². The number of benzene rings is 2. The van der Waals surface area contributed by atoms with Crippen molar-refractivity contribution >= 4 is 34.7 Å². The maximum atomic E-state index is 13.5. The third-order valence-electron chi connectivity index (χ3n) is 5.33. The molecule has 0 atom stereocenters. The molecular formula is C26H24ClN3O3. The van der Waals surface area contributed by atoms with Gasteiger partial charge in [0.1, 0.15) is 11.4 Å². The van der Waals surface area contributed by atoms with Crippen molar-refractivity contribution in [2.24, 2.45) is 0 Å². The first-order valence-electron chi connectivity index (χ1n) is 10.7. The molecule has 33 heavy (non-hydrogen) atoms. The Morgan fingerprint density at radius 1 is 1.00 bits per heavy atom. The van der Waals surface area contributed by atoms with E-state index in [2.05, 4.69) is 10.3 Å². The zero-order valence-corrected chi connectivity index (χ0v) is 19.2. The molecule has 4 rings (SSSR count). The first-order valence-corrected chi connectivity index (χ1v) is 11.1. The molecule has 2 amide bonds. The summed E-state index contributed by atoms with van der Waals surface area (Å²) in [6, 6.07) is 16.2. The minimum absolute atomic E-state index is 0.154. The molecule has 0 saturated heterocycles. The molecule has 7 heteroatoms. The Hall–Kier alpha value is -3.64. The zero-order chi connectivity index (χ0) is 23.4. The largest absolute Gasteiger partial charge is 0.494 e. The summed E-state index contributed by atoms with van der Waals surface area (Å²) in [5.74, 6) is -0.0365. The van der Waals surface area contributed by atoms with Crippen molar-refractivity contribution in [1.82, 2.24) is 9.88 Å². The quantitative estimate of drug-likeness (QED) is 0.465. The van der Waals surface area contributed by atoms with Gasteiger partial charge in [0.05, 0.1) is 18.7 Å². The first-order chi connectivity index (χ1) is 16.0. The fourth-order valence-corrected chi connectivity index (χ4v) is 3.75. The minimum Gasteiger partial charge on any atom is -0.494 e. The van der Waals surface area contributed by atoms with Crippen molar-refractivity contribution < 1.29 is 14.3 Å². The molecule has 1 N–H and O–H groups in total. The van der Waals surface area contributed by atoms with Gasteiger partial charge in [-0.05, 0) is 66.4 Å². The average Bonchev–Trinajstić information content (AvgIpc) is 3.05. The number of nitrogens with zero attached hydrogens (tertiary/aromatic N) is 2. The first kappa shape index (κ1) is 22.6. The number of carbonyl (C=O) groups is 2. The van der Waals surface area contributed by atoms with Gasteiger partial charge in [-0.25, -0.2) is 0 Å².